The Morgan fingerprint density at radius 2 is 2.45 bits per heavy atom. The number of amides is 1. The van der Waals surface area contributed by atoms with Crippen LogP contribution in [0.15, 0.2) is 18.3 Å². The van der Waals surface area contributed by atoms with E-state index in [1.54, 1.807) is 18.3 Å². The summed E-state index contributed by atoms with van der Waals surface area (Å²) >= 11 is 0. The van der Waals surface area contributed by atoms with Crippen LogP contribution < -0.4 is 5.32 Å². The lowest BCUT2D eigenvalue weighted by Gasteiger charge is -1.98. The largest absolute Gasteiger partial charge is 0.368 e. The normalized spacial score (nSPS) is 21.2. The summed E-state index contributed by atoms with van der Waals surface area (Å²) in [6.07, 6.45) is 0.612. The highest BCUT2D eigenvalue weighted by Gasteiger charge is 2.27. The Bertz CT molecular complexity index is 311. The van der Waals surface area contributed by atoms with Crippen molar-refractivity contribution in [2.45, 2.75) is 6.23 Å². The van der Waals surface area contributed by atoms with Gasteiger partial charge < -0.3 is 10.4 Å². The summed E-state index contributed by atoms with van der Waals surface area (Å²) in [5, 5.41) is 11.5. The summed E-state index contributed by atoms with van der Waals surface area (Å²) in [7, 11) is 0. The van der Waals surface area contributed by atoms with E-state index in [1.807, 2.05) is 0 Å². The molecule has 1 atom stereocenters. The lowest BCUT2D eigenvalue weighted by Crippen LogP contribution is -2.18. The Hall–Kier alpha value is -1.42. The lowest BCUT2D eigenvalue weighted by molar-refractivity contribution is 0.0846. The maximum atomic E-state index is 11.0. The molecule has 2 heterocycles. The molecule has 2 rings (SSSR count). The molecule has 0 aromatic carbocycles. The van der Waals surface area contributed by atoms with E-state index in [0.29, 0.717) is 11.3 Å². The SMILES string of the molecule is O=C1N[C@H](O)c2ncccc21. The van der Waals surface area contributed by atoms with Gasteiger partial charge in [-0.15, -0.1) is 0 Å². The molecular weight excluding hydrogens is 144 g/mol. The zero-order chi connectivity index (χ0) is 7.84. The molecule has 0 unspecified atom stereocenters. The number of fused-ring (bicyclic) bond motifs is 1. The van der Waals surface area contributed by atoms with Crippen molar-refractivity contribution in [2.24, 2.45) is 0 Å². The number of carbonyl (C=O) groups is 1. The molecule has 0 saturated carbocycles. The van der Waals surface area contributed by atoms with Gasteiger partial charge in [-0.1, -0.05) is 0 Å². The molecule has 1 aliphatic heterocycles. The minimum absolute atomic E-state index is 0.263. The number of aromatic nitrogens is 1. The van der Waals surface area contributed by atoms with Gasteiger partial charge >= 0.3 is 0 Å². The fourth-order valence-corrected chi connectivity index (χ4v) is 1.10. The van der Waals surface area contributed by atoms with E-state index >= 15 is 0 Å². The highest BCUT2D eigenvalue weighted by atomic mass is 16.3. The van der Waals surface area contributed by atoms with Crippen molar-refractivity contribution in [1.82, 2.24) is 10.3 Å². The number of hydrogen-bond acceptors (Lipinski definition) is 3. The van der Waals surface area contributed by atoms with Crippen LogP contribution in [0.1, 0.15) is 22.3 Å². The first-order valence-electron chi connectivity index (χ1n) is 3.23. The van der Waals surface area contributed by atoms with Crippen LogP contribution in [0.2, 0.25) is 0 Å². The fraction of sp³-hybridized carbons (Fsp3) is 0.143. The first-order valence-corrected chi connectivity index (χ1v) is 3.23. The molecular formula is C7H6N2O2. The Morgan fingerprint density at radius 3 is 3.18 bits per heavy atom. The second-order valence-corrected chi connectivity index (χ2v) is 2.31. The zero-order valence-electron chi connectivity index (χ0n) is 5.61. The minimum Gasteiger partial charge on any atom is -0.368 e. The monoisotopic (exact) mass is 150 g/mol. The molecule has 0 spiro atoms. The average molecular weight is 150 g/mol. The van der Waals surface area contributed by atoms with Crippen molar-refractivity contribution in [3.05, 3.63) is 29.6 Å². The number of aliphatic hydroxyl groups excluding tert-OH is 1. The standard InChI is InChI=1S/C7H6N2O2/c10-6-4-2-1-3-8-5(4)7(11)9-6/h1-3,7,11H,(H,9,10)/t7-/m1/s1. The third-order valence-electron chi connectivity index (χ3n) is 1.61. The van der Waals surface area contributed by atoms with Crippen molar-refractivity contribution in [3.63, 3.8) is 0 Å². The van der Waals surface area contributed by atoms with E-state index in [4.69, 9.17) is 5.11 Å². The van der Waals surface area contributed by atoms with Crippen molar-refractivity contribution in [2.75, 3.05) is 0 Å². The van der Waals surface area contributed by atoms with Gasteiger partial charge in [0.05, 0.1) is 5.56 Å². The third kappa shape index (κ3) is 0.798. The predicted molar refractivity (Wildman–Crippen MR) is 36.7 cm³/mol. The predicted octanol–water partition coefficient (Wildman–Crippen LogP) is -0.184. The maximum Gasteiger partial charge on any atom is 0.255 e. The highest BCUT2D eigenvalue weighted by molar-refractivity contribution is 5.98. The number of pyridine rings is 1. The van der Waals surface area contributed by atoms with E-state index in [0.717, 1.165) is 0 Å². The summed E-state index contributed by atoms with van der Waals surface area (Å²) in [6, 6.07) is 3.30. The van der Waals surface area contributed by atoms with Crippen LogP contribution in [0.25, 0.3) is 0 Å². The molecule has 1 aromatic rings. The average Bonchev–Trinajstić information content (AvgIpc) is 2.30. The Morgan fingerprint density at radius 1 is 1.64 bits per heavy atom. The van der Waals surface area contributed by atoms with E-state index in [1.165, 1.54) is 0 Å². The molecule has 4 nitrogen and oxygen atoms in total. The van der Waals surface area contributed by atoms with Gasteiger partial charge in [0.25, 0.3) is 5.91 Å². The molecule has 11 heavy (non-hydrogen) atoms. The Labute approximate surface area is 62.9 Å². The van der Waals surface area contributed by atoms with Crippen LogP contribution in [-0.4, -0.2) is 16.0 Å². The van der Waals surface area contributed by atoms with Gasteiger partial charge in [-0.2, -0.15) is 0 Å². The Balaban J connectivity index is 2.60. The molecule has 1 amide bonds. The molecule has 4 heteroatoms. The van der Waals surface area contributed by atoms with E-state index in [-0.39, 0.29) is 5.91 Å². The molecule has 1 aliphatic rings. The maximum absolute atomic E-state index is 11.0. The van der Waals surface area contributed by atoms with Crippen LogP contribution >= 0.6 is 0 Å². The van der Waals surface area contributed by atoms with E-state index in [9.17, 15) is 4.79 Å². The second kappa shape index (κ2) is 2.03. The number of nitrogens with zero attached hydrogens (tertiary/aromatic N) is 1. The van der Waals surface area contributed by atoms with Gasteiger partial charge in [-0.3, -0.25) is 9.78 Å². The lowest BCUT2D eigenvalue weighted by atomic mass is 10.2. The zero-order valence-corrected chi connectivity index (χ0v) is 5.61. The van der Waals surface area contributed by atoms with Gasteiger partial charge in [-0.05, 0) is 12.1 Å². The fourth-order valence-electron chi connectivity index (χ4n) is 1.10. The summed E-state index contributed by atoms with van der Waals surface area (Å²) in [4.78, 5) is 14.8. The van der Waals surface area contributed by atoms with Crippen molar-refractivity contribution < 1.29 is 9.90 Å². The van der Waals surface area contributed by atoms with Crippen LogP contribution in [-0.2, 0) is 0 Å². The summed E-state index contributed by atoms with van der Waals surface area (Å²) in [6.45, 7) is 0. The molecule has 0 aliphatic carbocycles. The minimum atomic E-state index is -0.932. The number of carbonyl (C=O) groups excluding carboxylic acids is 1. The highest BCUT2D eigenvalue weighted by Crippen LogP contribution is 2.19. The van der Waals surface area contributed by atoms with Crippen LogP contribution in [0.3, 0.4) is 0 Å². The smallest absolute Gasteiger partial charge is 0.255 e. The number of hydrogen-bond donors (Lipinski definition) is 2. The molecule has 0 bridgehead atoms. The first-order chi connectivity index (χ1) is 5.29. The van der Waals surface area contributed by atoms with Crippen LogP contribution in [0, 0.1) is 0 Å². The van der Waals surface area contributed by atoms with Crippen LogP contribution in [0.5, 0.6) is 0 Å². The Kier molecular flexibility index (Phi) is 1.16. The number of nitrogens with one attached hydrogen (secondary N) is 1. The van der Waals surface area contributed by atoms with Gasteiger partial charge in [-0.25, -0.2) is 0 Å². The van der Waals surface area contributed by atoms with E-state index in [2.05, 4.69) is 10.3 Å². The second-order valence-electron chi connectivity index (χ2n) is 2.31. The van der Waals surface area contributed by atoms with Crippen molar-refractivity contribution >= 4 is 5.91 Å². The van der Waals surface area contributed by atoms with Crippen molar-refractivity contribution in [3.8, 4) is 0 Å². The molecule has 56 valence electrons. The van der Waals surface area contributed by atoms with Crippen LogP contribution in [0.4, 0.5) is 0 Å². The van der Waals surface area contributed by atoms with E-state index < -0.39 is 6.23 Å². The van der Waals surface area contributed by atoms with Gasteiger partial charge in [0.15, 0.2) is 6.23 Å². The van der Waals surface area contributed by atoms with Crippen molar-refractivity contribution in [1.29, 1.82) is 0 Å². The summed E-state index contributed by atoms with van der Waals surface area (Å²) in [5.74, 6) is -0.263. The number of aliphatic hydroxyl groups is 1. The van der Waals surface area contributed by atoms with Gasteiger partial charge in [0, 0.05) is 6.20 Å². The third-order valence-corrected chi connectivity index (χ3v) is 1.61. The number of rotatable bonds is 0. The molecule has 0 radical (unpaired) electrons. The first kappa shape index (κ1) is 6.30. The van der Waals surface area contributed by atoms with Gasteiger partial charge in [0.2, 0.25) is 0 Å². The topological polar surface area (TPSA) is 62.2 Å². The summed E-state index contributed by atoms with van der Waals surface area (Å²) < 4.78 is 0. The molecule has 2 N–H and O–H groups in total. The molecule has 0 saturated heterocycles. The summed E-state index contributed by atoms with van der Waals surface area (Å²) in [5.41, 5.74) is 0.873. The quantitative estimate of drug-likeness (QED) is 0.539. The molecule has 0 fully saturated rings. The molecule has 1 aromatic heterocycles. The van der Waals surface area contributed by atoms with Gasteiger partial charge in [0.1, 0.15) is 5.69 Å².